The second-order valence-corrected chi connectivity index (χ2v) is 6.43. The Labute approximate surface area is 126 Å². The molecule has 0 unspecified atom stereocenters. The Morgan fingerprint density at radius 2 is 1.73 bits per heavy atom. The lowest BCUT2D eigenvalue weighted by Gasteiger charge is -2.11. The number of nitrogens with one attached hydrogen (secondary N) is 1. The molecule has 0 spiro atoms. The van der Waals surface area contributed by atoms with Gasteiger partial charge in [0.15, 0.2) is 0 Å². The maximum atomic E-state index is 13.5. The quantitative estimate of drug-likeness (QED) is 0.691. The Bertz CT molecular complexity index is 850. The molecule has 6 nitrogen and oxygen atoms in total. The number of nitrogens with zero attached hydrogens (tertiary/aromatic N) is 1. The first-order chi connectivity index (χ1) is 10.2. The molecule has 0 aliphatic rings. The monoisotopic (exact) mass is 324 g/mol. The molecule has 0 atom stereocenters. The number of anilines is 1. The summed E-state index contributed by atoms with van der Waals surface area (Å²) in [6.07, 6.45) is 0. The van der Waals surface area contributed by atoms with Crippen molar-refractivity contribution in [3.8, 4) is 0 Å². The van der Waals surface area contributed by atoms with Gasteiger partial charge < -0.3 is 0 Å². The van der Waals surface area contributed by atoms with Gasteiger partial charge in [0.1, 0.15) is 5.82 Å². The lowest BCUT2D eigenvalue weighted by molar-refractivity contribution is -0.385. The molecular weight excluding hydrogens is 311 g/mol. The molecule has 2 aromatic carbocycles. The van der Waals surface area contributed by atoms with Gasteiger partial charge in [-0.2, -0.15) is 0 Å². The third-order valence-corrected chi connectivity index (χ3v) is 4.62. The van der Waals surface area contributed by atoms with Crippen LogP contribution < -0.4 is 4.72 Å². The molecular formula is C14H13FN2O4S. The van der Waals surface area contributed by atoms with Crippen LogP contribution in [0.15, 0.2) is 41.3 Å². The Morgan fingerprint density at radius 3 is 2.32 bits per heavy atom. The van der Waals surface area contributed by atoms with E-state index < -0.39 is 20.8 Å². The summed E-state index contributed by atoms with van der Waals surface area (Å²) in [4.78, 5) is 9.88. The van der Waals surface area contributed by atoms with E-state index in [0.717, 1.165) is 12.1 Å². The number of aryl methyl sites for hydroxylation is 2. The molecule has 0 saturated carbocycles. The number of sulfonamides is 1. The lowest BCUT2D eigenvalue weighted by atomic mass is 10.2. The molecule has 0 amide bonds. The summed E-state index contributed by atoms with van der Waals surface area (Å²) in [5, 5.41) is 10.8. The standard InChI is InChI=1S/C14H13FN2O4S/c1-9-3-5-11(7-13(9)15)16-22(20,21)14-8-12(17(18)19)6-4-10(14)2/h3-8,16H,1-2H3. The fourth-order valence-electron chi connectivity index (χ4n) is 1.86. The van der Waals surface area contributed by atoms with E-state index in [0.29, 0.717) is 11.1 Å². The van der Waals surface area contributed by atoms with E-state index in [-0.39, 0.29) is 16.3 Å². The SMILES string of the molecule is Cc1ccc(NS(=O)(=O)c2cc([N+](=O)[O-])ccc2C)cc1F. The van der Waals surface area contributed by atoms with Crippen LogP contribution in [-0.4, -0.2) is 13.3 Å². The lowest BCUT2D eigenvalue weighted by Crippen LogP contribution is -2.14. The van der Waals surface area contributed by atoms with E-state index in [1.165, 1.54) is 31.2 Å². The van der Waals surface area contributed by atoms with Crippen LogP contribution in [0, 0.1) is 29.8 Å². The second kappa shape index (κ2) is 5.72. The van der Waals surface area contributed by atoms with Crippen molar-refractivity contribution >= 4 is 21.4 Å². The molecule has 2 rings (SSSR count). The van der Waals surface area contributed by atoms with Crippen LogP contribution in [-0.2, 0) is 10.0 Å². The molecule has 0 aliphatic heterocycles. The molecule has 22 heavy (non-hydrogen) atoms. The zero-order valence-electron chi connectivity index (χ0n) is 11.8. The highest BCUT2D eigenvalue weighted by atomic mass is 32.2. The molecule has 0 radical (unpaired) electrons. The maximum Gasteiger partial charge on any atom is 0.270 e. The number of nitro benzene ring substituents is 1. The van der Waals surface area contributed by atoms with Crippen molar-refractivity contribution < 1.29 is 17.7 Å². The third kappa shape index (κ3) is 3.22. The van der Waals surface area contributed by atoms with Crippen LogP contribution >= 0.6 is 0 Å². The van der Waals surface area contributed by atoms with Crippen molar-refractivity contribution in [2.24, 2.45) is 0 Å². The van der Waals surface area contributed by atoms with Gasteiger partial charge in [0.2, 0.25) is 0 Å². The van der Waals surface area contributed by atoms with Gasteiger partial charge >= 0.3 is 0 Å². The number of hydrogen-bond acceptors (Lipinski definition) is 4. The Hall–Kier alpha value is -2.48. The fourth-order valence-corrected chi connectivity index (χ4v) is 3.17. The van der Waals surface area contributed by atoms with E-state index in [4.69, 9.17) is 0 Å². The summed E-state index contributed by atoms with van der Waals surface area (Å²) in [7, 11) is -4.05. The van der Waals surface area contributed by atoms with Gasteiger partial charge in [-0.3, -0.25) is 14.8 Å². The van der Waals surface area contributed by atoms with Crippen molar-refractivity contribution in [2.45, 2.75) is 18.7 Å². The summed E-state index contributed by atoms with van der Waals surface area (Å²) in [6.45, 7) is 3.08. The number of rotatable bonds is 4. The van der Waals surface area contributed by atoms with Gasteiger partial charge in [0.05, 0.1) is 15.5 Å². The third-order valence-electron chi connectivity index (χ3n) is 3.10. The summed E-state index contributed by atoms with van der Waals surface area (Å²) >= 11 is 0. The minimum absolute atomic E-state index is 0.0500. The van der Waals surface area contributed by atoms with Crippen molar-refractivity contribution in [3.05, 3.63) is 63.5 Å². The average molecular weight is 324 g/mol. The zero-order valence-corrected chi connectivity index (χ0v) is 12.6. The van der Waals surface area contributed by atoms with E-state index in [2.05, 4.69) is 4.72 Å². The molecule has 0 saturated heterocycles. The molecule has 1 N–H and O–H groups in total. The smallest absolute Gasteiger partial charge is 0.270 e. The predicted octanol–water partition coefficient (Wildman–Crippen LogP) is 3.15. The van der Waals surface area contributed by atoms with E-state index in [9.17, 15) is 22.9 Å². The summed E-state index contributed by atoms with van der Waals surface area (Å²) in [5.74, 6) is -0.545. The Morgan fingerprint density at radius 1 is 1.09 bits per heavy atom. The fraction of sp³-hybridized carbons (Fsp3) is 0.143. The first-order valence-corrected chi connectivity index (χ1v) is 7.73. The van der Waals surface area contributed by atoms with Crippen LogP contribution in [0.5, 0.6) is 0 Å². The summed E-state index contributed by atoms with van der Waals surface area (Å²) < 4.78 is 40.4. The summed E-state index contributed by atoms with van der Waals surface area (Å²) in [5.41, 5.74) is 0.454. The zero-order chi connectivity index (χ0) is 16.5. The highest BCUT2D eigenvalue weighted by Gasteiger charge is 2.21. The second-order valence-electron chi connectivity index (χ2n) is 4.78. The van der Waals surface area contributed by atoms with Gasteiger partial charge in [-0.1, -0.05) is 12.1 Å². The average Bonchev–Trinajstić information content (AvgIpc) is 2.42. The number of benzene rings is 2. The number of nitro groups is 1. The first-order valence-electron chi connectivity index (χ1n) is 6.25. The topological polar surface area (TPSA) is 89.3 Å². The summed E-state index contributed by atoms with van der Waals surface area (Å²) in [6, 6.07) is 7.46. The van der Waals surface area contributed by atoms with Crippen LogP contribution in [0.1, 0.15) is 11.1 Å². The number of halogens is 1. The highest BCUT2D eigenvalue weighted by Crippen LogP contribution is 2.24. The number of non-ortho nitro benzene ring substituents is 1. The molecule has 116 valence electrons. The van der Waals surface area contributed by atoms with Gasteiger partial charge in [0, 0.05) is 12.1 Å². The van der Waals surface area contributed by atoms with Crippen LogP contribution in [0.25, 0.3) is 0 Å². The predicted molar refractivity (Wildman–Crippen MR) is 79.8 cm³/mol. The molecule has 0 heterocycles. The van der Waals surface area contributed by atoms with Gasteiger partial charge in [-0.15, -0.1) is 0 Å². The van der Waals surface area contributed by atoms with Gasteiger partial charge in [0.25, 0.3) is 15.7 Å². The van der Waals surface area contributed by atoms with Crippen LogP contribution in [0.3, 0.4) is 0 Å². The van der Waals surface area contributed by atoms with Crippen LogP contribution in [0.4, 0.5) is 15.8 Å². The molecule has 2 aromatic rings. The maximum absolute atomic E-state index is 13.5. The van der Waals surface area contributed by atoms with Crippen molar-refractivity contribution in [2.75, 3.05) is 4.72 Å². The number of hydrogen-bond donors (Lipinski definition) is 1. The normalized spacial score (nSPS) is 11.2. The van der Waals surface area contributed by atoms with E-state index >= 15 is 0 Å². The molecule has 0 aliphatic carbocycles. The largest absolute Gasteiger partial charge is 0.280 e. The van der Waals surface area contributed by atoms with E-state index in [1.54, 1.807) is 6.92 Å². The van der Waals surface area contributed by atoms with Crippen LogP contribution in [0.2, 0.25) is 0 Å². The van der Waals surface area contributed by atoms with Crippen molar-refractivity contribution in [3.63, 3.8) is 0 Å². The van der Waals surface area contributed by atoms with Gasteiger partial charge in [-0.05, 0) is 37.1 Å². The molecule has 0 aromatic heterocycles. The highest BCUT2D eigenvalue weighted by molar-refractivity contribution is 7.92. The Kier molecular flexibility index (Phi) is 4.14. The van der Waals surface area contributed by atoms with Crippen molar-refractivity contribution in [1.29, 1.82) is 0 Å². The van der Waals surface area contributed by atoms with Crippen molar-refractivity contribution in [1.82, 2.24) is 0 Å². The molecule has 0 bridgehead atoms. The minimum Gasteiger partial charge on any atom is -0.280 e. The van der Waals surface area contributed by atoms with E-state index in [1.807, 2.05) is 0 Å². The first kappa shape index (κ1) is 15.9. The Balaban J connectivity index is 2.44. The molecule has 0 fully saturated rings. The minimum atomic E-state index is -4.05. The molecule has 8 heteroatoms. The van der Waals surface area contributed by atoms with Gasteiger partial charge in [-0.25, -0.2) is 12.8 Å².